The van der Waals surface area contributed by atoms with Crippen LogP contribution in [0.1, 0.15) is 12.7 Å². The molecule has 1 aromatic carbocycles. The molecule has 0 amide bonds. The fourth-order valence-electron chi connectivity index (χ4n) is 1.67. The number of hydrogen-bond donors (Lipinski definition) is 1. The molecule has 0 saturated carbocycles. The SMILES string of the molecule is CCc1noc(-c2cnc(Nc3ccccc3)nc2)n1. The van der Waals surface area contributed by atoms with Crippen LogP contribution in [-0.2, 0) is 6.42 Å². The molecule has 0 bridgehead atoms. The van der Waals surface area contributed by atoms with E-state index < -0.39 is 0 Å². The Morgan fingerprint density at radius 3 is 2.50 bits per heavy atom. The predicted octanol–water partition coefficient (Wildman–Crippen LogP) is 2.83. The second-order valence-electron chi connectivity index (χ2n) is 4.16. The Hall–Kier alpha value is -2.76. The first-order valence-electron chi connectivity index (χ1n) is 6.32. The van der Waals surface area contributed by atoms with Gasteiger partial charge in [0.2, 0.25) is 5.95 Å². The Morgan fingerprint density at radius 2 is 1.85 bits per heavy atom. The van der Waals surface area contributed by atoms with E-state index in [2.05, 4.69) is 25.4 Å². The van der Waals surface area contributed by atoms with E-state index in [1.54, 1.807) is 12.4 Å². The van der Waals surface area contributed by atoms with Gasteiger partial charge in [-0.15, -0.1) is 0 Å². The van der Waals surface area contributed by atoms with Crippen molar-refractivity contribution < 1.29 is 4.52 Å². The van der Waals surface area contributed by atoms with Crippen LogP contribution in [0.25, 0.3) is 11.5 Å². The second-order valence-corrected chi connectivity index (χ2v) is 4.16. The van der Waals surface area contributed by atoms with Crippen LogP contribution in [0.5, 0.6) is 0 Å². The molecule has 3 aromatic rings. The van der Waals surface area contributed by atoms with Crippen molar-refractivity contribution in [2.24, 2.45) is 0 Å². The average molecular weight is 267 g/mol. The quantitative estimate of drug-likeness (QED) is 0.783. The van der Waals surface area contributed by atoms with Crippen molar-refractivity contribution in [2.45, 2.75) is 13.3 Å². The van der Waals surface area contributed by atoms with Crippen LogP contribution in [0, 0.1) is 0 Å². The highest BCUT2D eigenvalue weighted by Crippen LogP contribution is 2.17. The van der Waals surface area contributed by atoms with E-state index in [0.29, 0.717) is 23.2 Å². The van der Waals surface area contributed by atoms with Gasteiger partial charge in [-0.05, 0) is 12.1 Å². The average Bonchev–Trinajstić information content (AvgIpc) is 2.98. The summed E-state index contributed by atoms with van der Waals surface area (Å²) in [7, 11) is 0. The summed E-state index contributed by atoms with van der Waals surface area (Å²) in [6.07, 6.45) is 4.05. The zero-order valence-corrected chi connectivity index (χ0v) is 10.9. The number of para-hydroxylation sites is 1. The maximum Gasteiger partial charge on any atom is 0.261 e. The molecule has 1 N–H and O–H groups in total. The molecular formula is C14H13N5O. The van der Waals surface area contributed by atoms with Crippen LogP contribution in [0.4, 0.5) is 11.6 Å². The molecule has 0 aliphatic carbocycles. The van der Waals surface area contributed by atoms with Gasteiger partial charge < -0.3 is 9.84 Å². The van der Waals surface area contributed by atoms with Gasteiger partial charge >= 0.3 is 0 Å². The van der Waals surface area contributed by atoms with Crippen LogP contribution < -0.4 is 5.32 Å². The van der Waals surface area contributed by atoms with Gasteiger partial charge in [0.25, 0.3) is 5.89 Å². The van der Waals surface area contributed by atoms with E-state index >= 15 is 0 Å². The summed E-state index contributed by atoms with van der Waals surface area (Å²) in [6.45, 7) is 1.97. The van der Waals surface area contributed by atoms with Crippen LogP contribution in [-0.4, -0.2) is 20.1 Å². The molecule has 3 rings (SSSR count). The molecule has 0 unspecified atom stereocenters. The first-order valence-corrected chi connectivity index (χ1v) is 6.32. The number of benzene rings is 1. The number of nitrogens with one attached hydrogen (secondary N) is 1. The summed E-state index contributed by atoms with van der Waals surface area (Å²) >= 11 is 0. The largest absolute Gasteiger partial charge is 0.334 e. The van der Waals surface area contributed by atoms with Gasteiger partial charge in [-0.3, -0.25) is 0 Å². The molecule has 100 valence electrons. The number of rotatable bonds is 4. The van der Waals surface area contributed by atoms with Crippen molar-refractivity contribution in [2.75, 3.05) is 5.32 Å². The Kier molecular flexibility index (Phi) is 3.36. The summed E-state index contributed by atoms with van der Waals surface area (Å²) in [5.41, 5.74) is 1.64. The Balaban J connectivity index is 1.77. The minimum atomic E-state index is 0.438. The fraction of sp³-hybridized carbons (Fsp3) is 0.143. The molecule has 6 heteroatoms. The summed E-state index contributed by atoms with van der Waals surface area (Å²) < 4.78 is 5.14. The second kappa shape index (κ2) is 5.48. The van der Waals surface area contributed by atoms with E-state index in [0.717, 1.165) is 12.1 Å². The van der Waals surface area contributed by atoms with Crippen LogP contribution >= 0.6 is 0 Å². The lowest BCUT2D eigenvalue weighted by atomic mass is 10.3. The van der Waals surface area contributed by atoms with E-state index in [9.17, 15) is 0 Å². The van der Waals surface area contributed by atoms with Gasteiger partial charge in [-0.25, -0.2) is 9.97 Å². The smallest absolute Gasteiger partial charge is 0.261 e. The minimum absolute atomic E-state index is 0.438. The van der Waals surface area contributed by atoms with E-state index in [1.807, 2.05) is 37.3 Å². The van der Waals surface area contributed by atoms with Crippen LogP contribution in [0.2, 0.25) is 0 Å². The maximum atomic E-state index is 5.14. The normalized spacial score (nSPS) is 10.4. The monoisotopic (exact) mass is 267 g/mol. The highest BCUT2D eigenvalue weighted by molar-refractivity contribution is 5.55. The summed E-state index contributed by atoms with van der Waals surface area (Å²) in [5.74, 6) is 1.63. The van der Waals surface area contributed by atoms with Crippen molar-refractivity contribution in [1.82, 2.24) is 20.1 Å². The number of anilines is 2. The predicted molar refractivity (Wildman–Crippen MR) is 74.4 cm³/mol. The van der Waals surface area contributed by atoms with Gasteiger partial charge in [-0.2, -0.15) is 4.98 Å². The number of hydrogen-bond acceptors (Lipinski definition) is 6. The van der Waals surface area contributed by atoms with Crippen molar-refractivity contribution in [3.05, 3.63) is 48.5 Å². The Bertz CT molecular complexity index is 678. The third-order valence-corrected chi connectivity index (χ3v) is 2.71. The number of aromatic nitrogens is 4. The molecule has 0 fully saturated rings. The highest BCUT2D eigenvalue weighted by atomic mass is 16.5. The lowest BCUT2D eigenvalue weighted by Gasteiger charge is -2.03. The number of nitrogens with zero attached hydrogens (tertiary/aromatic N) is 4. The maximum absolute atomic E-state index is 5.14. The van der Waals surface area contributed by atoms with Gasteiger partial charge in [0.15, 0.2) is 5.82 Å². The molecule has 2 aromatic heterocycles. The zero-order valence-electron chi connectivity index (χ0n) is 10.9. The standard InChI is InChI=1S/C14H13N5O/c1-2-12-18-13(20-19-12)10-8-15-14(16-9-10)17-11-6-4-3-5-7-11/h3-9H,2H2,1H3,(H,15,16,17). The zero-order chi connectivity index (χ0) is 13.8. The lowest BCUT2D eigenvalue weighted by molar-refractivity contribution is 0.423. The molecule has 20 heavy (non-hydrogen) atoms. The van der Waals surface area contributed by atoms with Crippen molar-refractivity contribution >= 4 is 11.6 Å². The number of aryl methyl sites for hydroxylation is 1. The molecule has 0 aliphatic rings. The molecule has 0 aliphatic heterocycles. The molecule has 2 heterocycles. The first kappa shape index (κ1) is 12.3. The molecule has 0 radical (unpaired) electrons. The molecule has 0 spiro atoms. The Labute approximate surface area is 115 Å². The summed E-state index contributed by atoms with van der Waals surface area (Å²) in [4.78, 5) is 12.7. The van der Waals surface area contributed by atoms with Crippen molar-refractivity contribution in [3.63, 3.8) is 0 Å². The van der Waals surface area contributed by atoms with Crippen molar-refractivity contribution in [3.8, 4) is 11.5 Å². The Morgan fingerprint density at radius 1 is 1.10 bits per heavy atom. The lowest BCUT2D eigenvalue weighted by Crippen LogP contribution is -1.96. The van der Waals surface area contributed by atoms with Crippen LogP contribution in [0.15, 0.2) is 47.2 Å². The van der Waals surface area contributed by atoms with E-state index in [-0.39, 0.29) is 0 Å². The molecule has 0 atom stereocenters. The van der Waals surface area contributed by atoms with Gasteiger partial charge in [0.05, 0.1) is 5.56 Å². The third kappa shape index (κ3) is 2.64. The van der Waals surface area contributed by atoms with Gasteiger partial charge in [0.1, 0.15) is 0 Å². The van der Waals surface area contributed by atoms with E-state index in [1.165, 1.54) is 0 Å². The first-order chi connectivity index (χ1) is 9.85. The molecule has 6 nitrogen and oxygen atoms in total. The summed E-state index contributed by atoms with van der Waals surface area (Å²) in [6, 6.07) is 9.74. The molecule has 0 saturated heterocycles. The topological polar surface area (TPSA) is 76.7 Å². The minimum Gasteiger partial charge on any atom is -0.334 e. The van der Waals surface area contributed by atoms with E-state index in [4.69, 9.17) is 4.52 Å². The highest BCUT2D eigenvalue weighted by Gasteiger charge is 2.08. The van der Waals surface area contributed by atoms with Gasteiger partial charge in [0, 0.05) is 24.5 Å². The third-order valence-electron chi connectivity index (χ3n) is 2.71. The fourth-order valence-corrected chi connectivity index (χ4v) is 1.67. The van der Waals surface area contributed by atoms with Gasteiger partial charge in [-0.1, -0.05) is 30.3 Å². The van der Waals surface area contributed by atoms with Crippen molar-refractivity contribution in [1.29, 1.82) is 0 Å². The summed E-state index contributed by atoms with van der Waals surface area (Å²) in [5, 5.41) is 6.95. The van der Waals surface area contributed by atoms with Crippen LogP contribution in [0.3, 0.4) is 0 Å². The molecular weight excluding hydrogens is 254 g/mol.